The number of carbonyl (C=O) groups is 6. The number of aliphatic hydroxyl groups excluding tert-OH is 1. The lowest BCUT2D eigenvalue weighted by atomic mass is 9.96. The summed E-state index contributed by atoms with van der Waals surface area (Å²) in [4.78, 5) is 105. The number of hydrogen-bond acceptors (Lipinski definition) is 18. The summed E-state index contributed by atoms with van der Waals surface area (Å²) < 4.78 is 17.3. The minimum atomic E-state index is -1.27. The molecule has 8 rings (SSSR count). The third-order valence-corrected chi connectivity index (χ3v) is 18.6. The zero-order chi connectivity index (χ0) is 66.4. The van der Waals surface area contributed by atoms with Gasteiger partial charge >= 0.3 is 24.2 Å². The van der Waals surface area contributed by atoms with E-state index in [2.05, 4.69) is 51.8 Å². The first-order valence-electron chi connectivity index (χ1n) is 31.1. The molecule has 0 saturated heterocycles. The molecule has 0 bridgehead atoms. The number of thiazole rings is 4. The smallest absolute Gasteiger partial charge is 0.407 e. The maximum atomic E-state index is 14.2. The quantitative estimate of drug-likeness (QED) is 0.0192. The summed E-state index contributed by atoms with van der Waals surface area (Å²) in [5.74, 6) is -0.740. The van der Waals surface area contributed by atoms with Crippen molar-refractivity contribution < 1.29 is 48.1 Å². The molecule has 6 unspecified atom stereocenters. The normalized spacial score (nSPS) is 13.1. The van der Waals surface area contributed by atoms with E-state index in [1.807, 2.05) is 135 Å². The van der Waals surface area contributed by atoms with Crippen LogP contribution >= 0.6 is 45.3 Å². The molecule has 7 N–H and O–H groups in total. The molecule has 4 aromatic carbocycles. The number of nitrogens with zero attached hydrogens (tertiary/aromatic N) is 6. The van der Waals surface area contributed by atoms with Crippen molar-refractivity contribution in [2.45, 2.75) is 128 Å². The van der Waals surface area contributed by atoms with Crippen LogP contribution < -0.4 is 31.9 Å². The van der Waals surface area contributed by atoms with E-state index in [1.54, 1.807) is 49.9 Å². The fourth-order valence-corrected chi connectivity index (χ4v) is 13.1. The van der Waals surface area contributed by atoms with E-state index < -0.39 is 60.9 Å². The molecule has 26 heteroatoms. The summed E-state index contributed by atoms with van der Waals surface area (Å²) in [6, 6.07) is 34.2. The van der Waals surface area contributed by atoms with Crippen molar-refractivity contribution in [3.8, 4) is 10.0 Å². The topological polar surface area (TPSA) is 281 Å². The number of rotatable bonds is 36. The highest BCUT2D eigenvalue weighted by Gasteiger charge is 2.29. The Labute approximate surface area is 564 Å². The Balaban J connectivity index is 0.840. The summed E-state index contributed by atoms with van der Waals surface area (Å²) in [7, 11) is 3.24. The molecule has 0 saturated carbocycles. The lowest BCUT2D eigenvalue weighted by Crippen LogP contribution is -2.54. The molecule has 94 heavy (non-hydrogen) atoms. The number of carbonyl (C=O) groups excluding carboxylic acids is 6. The molecule has 22 nitrogen and oxygen atoms in total. The van der Waals surface area contributed by atoms with Gasteiger partial charge in [-0.1, -0.05) is 135 Å². The number of alkyl carbamates (subject to hydrolysis) is 2. The van der Waals surface area contributed by atoms with Crippen molar-refractivity contribution in [3.63, 3.8) is 0 Å². The second kappa shape index (κ2) is 37.9. The summed E-state index contributed by atoms with van der Waals surface area (Å²) in [6.45, 7) is 4.23. The average molecular weight is 1360 g/mol. The van der Waals surface area contributed by atoms with Gasteiger partial charge in [-0.05, 0) is 79.5 Å². The van der Waals surface area contributed by atoms with E-state index in [0.717, 1.165) is 36.9 Å². The molecule has 0 spiro atoms. The molecule has 4 heterocycles. The Morgan fingerprint density at radius 3 is 1.28 bits per heavy atom. The van der Waals surface area contributed by atoms with Crippen LogP contribution in [0, 0.1) is 5.92 Å². The van der Waals surface area contributed by atoms with Crippen molar-refractivity contribution in [3.05, 3.63) is 199 Å². The molecule has 0 aliphatic heterocycles. The lowest BCUT2D eigenvalue weighted by molar-refractivity contribution is -0.125. The van der Waals surface area contributed by atoms with Crippen molar-refractivity contribution in [2.24, 2.45) is 5.92 Å². The Morgan fingerprint density at radius 1 is 0.468 bits per heavy atom. The average Bonchev–Trinajstić information content (AvgIpc) is 2.07. The number of benzene rings is 4. The fourth-order valence-electron chi connectivity index (χ4n) is 10.1. The number of nitrogens with one attached hydrogen (secondary N) is 6. The van der Waals surface area contributed by atoms with Gasteiger partial charge in [0.15, 0.2) is 10.0 Å². The zero-order valence-corrected chi connectivity index (χ0v) is 56.4. The highest BCUT2D eigenvalue weighted by Crippen LogP contribution is 2.30. The van der Waals surface area contributed by atoms with Crippen LogP contribution in [0.2, 0.25) is 0 Å². The first-order chi connectivity index (χ1) is 45.6. The van der Waals surface area contributed by atoms with Crippen LogP contribution in [0.5, 0.6) is 0 Å². The van der Waals surface area contributed by atoms with Crippen molar-refractivity contribution in [1.82, 2.24) is 61.6 Å². The van der Waals surface area contributed by atoms with Gasteiger partial charge in [-0.2, -0.15) is 0 Å². The van der Waals surface area contributed by atoms with Gasteiger partial charge in [-0.25, -0.2) is 29.1 Å². The highest BCUT2D eigenvalue weighted by molar-refractivity contribution is 7.21. The molecule has 498 valence electrons. The van der Waals surface area contributed by atoms with Gasteiger partial charge in [0.2, 0.25) is 11.8 Å². The van der Waals surface area contributed by atoms with Crippen LogP contribution in [0.3, 0.4) is 0 Å². The van der Waals surface area contributed by atoms with Gasteiger partial charge in [-0.15, -0.1) is 45.3 Å². The number of aliphatic hydroxyl groups is 1. The van der Waals surface area contributed by atoms with Gasteiger partial charge < -0.3 is 61.0 Å². The summed E-state index contributed by atoms with van der Waals surface area (Å²) in [5, 5.41) is 29.6. The number of amides is 8. The maximum Gasteiger partial charge on any atom is 0.407 e. The molecular weight excluding hydrogens is 1270 g/mol. The third-order valence-electron chi connectivity index (χ3n) is 14.9. The van der Waals surface area contributed by atoms with Gasteiger partial charge in [0.25, 0.3) is 0 Å². The van der Waals surface area contributed by atoms with Crippen molar-refractivity contribution >= 4 is 81.4 Å². The first-order valence-corrected chi connectivity index (χ1v) is 34.5. The maximum absolute atomic E-state index is 14.2. The molecule has 6 atom stereocenters. The van der Waals surface area contributed by atoms with Crippen LogP contribution in [0.25, 0.3) is 10.0 Å². The van der Waals surface area contributed by atoms with Gasteiger partial charge in [0, 0.05) is 79.4 Å². The van der Waals surface area contributed by atoms with Crippen molar-refractivity contribution in [1.29, 1.82) is 0 Å². The number of hydrogen-bond donors (Lipinski definition) is 7. The van der Waals surface area contributed by atoms with E-state index in [4.69, 9.17) is 14.2 Å². The van der Waals surface area contributed by atoms with E-state index in [-0.39, 0.29) is 50.3 Å². The van der Waals surface area contributed by atoms with Crippen LogP contribution in [-0.4, -0.2) is 141 Å². The minimum Gasteiger partial charge on any atom is -0.444 e. The highest BCUT2D eigenvalue weighted by atomic mass is 32.1. The lowest BCUT2D eigenvalue weighted by Gasteiger charge is -2.27. The van der Waals surface area contributed by atoms with E-state index in [1.165, 1.54) is 55.1 Å². The third kappa shape index (κ3) is 24.7. The largest absolute Gasteiger partial charge is 0.444 e. The summed E-state index contributed by atoms with van der Waals surface area (Å²) in [5.41, 5.74) is 7.38. The van der Waals surface area contributed by atoms with E-state index in [0.29, 0.717) is 79.4 Å². The Hall–Kier alpha value is -8.66. The standard InChI is InChI=1S/C68H82N12O10S4/c1-46(2)40-88-43-60(78-66(85)79(3)37-55-33-69-44-91-55)62(83)74-52(30-48-19-11-6-12-20-48)26-28-54(32-50-23-15-8-16-24-50)76-68(87)90-42-58-36-72-64(94-58)63-71-35-56(93-63)38-80(4)65(84)77-59(39-81)61(82)73-51(29-47-17-9-5-10-18-47)25-27-53(31-49-21-13-7-14-22-49)75-67(86)89-41-57-34-70-45-92-57/h5-24,33-36,44-46,51-54,59-60,81H,25-32,37-43H2,1-4H3,(H,73,82)(H,74,83)(H,75,86)(H,76,87)(H,77,84)(H,78,85). The van der Waals surface area contributed by atoms with Gasteiger partial charge in [0.05, 0.1) is 47.1 Å². The predicted octanol–water partition coefficient (Wildman–Crippen LogP) is 9.96. The SMILES string of the molecule is CC(C)COCC(NC(=O)N(C)Cc1cncs1)C(=O)NC(CCC(Cc1ccccc1)NC(=O)OCc1cnc(-c2ncc(CN(C)C(=O)NC(CO)C(=O)NC(CCC(Cc3ccccc3)NC(=O)OCc3cncs3)Cc3ccccc3)s2)s1)Cc1ccccc1. The molecule has 0 radical (unpaired) electrons. The van der Waals surface area contributed by atoms with E-state index >= 15 is 0 Å². The second-order valence-corrected chi connectivity index (χ2v) is 27.4. The molecular formula is C68H82N12O10S4. The summed E-state index contributed by atoms with van der Waals surface area (Å²) in [6.07, 6.45) is 9.26. The molecule has 4 aromatic heterocycles. The number of urea groups is 2. The van der Waals surface area contributed by atoms with Crippen molar-refractivity contribution in [2.75, 3.05) is 33.9 Å². The van der Waals surface area contributed by atoms with Crippen LogP contribution in [0.1, 0.15) is 81.3 Å². The number of aromatic nitrogens is 4. The van der Waals surface area contributed by atoms with Gasteiger partial charge in [0.1, 0.15) is 25.3 Å². The summed E-state index contributed by atoms with van der Waals surface area (Å²) >= 11 is 5.47. The molecule has 8 amide bonds. The Bertz CT molecular complexity index is 3550. The Kier molecular flexibility index (Phi) is 28.7. The first kappa shape index (κ1) is 71.2. The van der Waals surface area contributed by atoms with Crippen LogP contribution in [0.4, 0.5) is 19.2 Å². The van der Waals surface area contributed by atoms with Crippen LogP contribution in [0.15, 0.2) is 157 Å². The molecule has 0 aliphatic carbocycles. The fraction of sp³-hybridized carbons (Fsp3) is 0.382. The van der Waals surface area contributed by atoms with E-state index in [9.17, 15) is 33.9 Å². The predicted molar refractivity (Wildman–Crippen MR) is 365 cm³/mol. The minimum absolute atomic E-state index is 0.0237. The zero-order valence-electron chi connectivity index (χ0n) is 53.1. The monoisotopic (exact) mass is 1350 g/mol. The molecule has 0 fully saturated rings. The Morgan fingerprint density at radius 2 is 0.851 bits per heavy atom. The molecule has 0 aliphatic rings. The van der Waals surface area contributed by atoms with Gasteiger partial charge in [-0.3, -0.25) is 19.6 Å². The molecule has 8 aromatic rings. The van der Waals surface area contributed by atoms with Crippen LogP contribution in [-0.2, 0) is 75.8 Å². The number of ether oxygens (including phenoxy) is 3. The second-order valence-electron chi connectivity index (χ2n) is 23.2.